The molecule has 0 atom stereocenters. The van der Waals surface area contributed by atoms with E-state index in [-0.39, 0.29) is 0 Å². The Morgan fingerprint density at radius 3 is 2.58 bits per heavy atom. The zero-order valence-corrected chi connectivity index (χ0v) is 7.33. The first-order valence-electron chi connectivity index (χ1n) is 3.92. The van der Waals surface area contributed by atoms with E-state index in [1.54, 1.807) is 6.07 Å². The largest absolute Gasteiger partial charge is 0.407 e. The normalized spacial score (nSPS) is 9.83. The molecule has 2 heteroatoms. The summed E-state index contributed by atoms with van der Waals surface area (Å²) in [6.07, 6.45) is 0. The standard InChI is InChI=1S/C10H12N2/c1-7(2)8-4-5-9(11)10(6-8)12-3/h4-7H,11H2,1-2H3. The van der Waals surface area contributed by atoms with Crippen molar-refractivity contribution in [3.05, 3.63) is 35.2 Å². The second-order valence-corrected chi connectivity index (χ2v) is 3.08. The maximum atomic E-state index is 6.87. The van der Waals surface area contributed by atoms with Crippen LogP contribution in [0.25, 0.3) is 4.85 Å². The molecule has 0 aliphatic rings. The first kappa shape index (κ1) is 8.61. The Balaban J connectivity index is 3.16. The van der Waals surface area contributed by atoms with E-state index in [1.165, 1.54) is 0 Å². The second-order valence-electron chi connectivity index (χ2n) is 3.08. The number of benzene rings is 1. The summed E-state index contributed by atoms with van der Waals surface area (Å²) < 4.78 is 0. The predicted octanol–water partition coefficient (Wildman–Crippen LogP) is 2.94. The van der Waals surface area contributed by atoms with Crippen LogP contribution < -0.4 is 5.73 Å². The third kappa shape index (κ3) is 1.57. The lowest BCUT2D eigenvalue weighted by molar-refractivity contribution is 0.868. The monoisotopic (exact) mass is 160 g/mol. The summed E-state index contributed by atoms with van der Waals surface area (Å²) in [6, 6.07) is 5.62. The molecule has 0 amide bonds. The lowest BCUT2D eigenvalue weighted by Gasteiger charge is -2.06. The zero-order valence-electron chi connectivity index (χ0n) is 7.33. The smallest absolute Gasteiger partial charge is 0.209 e. The van der Waals surface area contributed by atoms with Crippen molar-refractivity contribution in [1.82, 2.24) is 0 Å². The van der Waals surface area contributed by atoms with Crippen LogP contribution in [-0.4, -0.2) is 0 Å². The Hall–Kier alpha value is -1.49. The van der Waals surface area contributed by atoms with Crippen LogP contribution in [-0.2, 0) is 0 Å². The molecule has 0 fully saturated rings. The quantitative estimate of drug-likeness (QED) is 0.497. The lowest BCUT2D eigenvalue weighted by atomic mass is 10.0. The Morgan fingerprint density at radius 2 is 2.08 bits per heavy atom. The van der Waals surface area contributed by atoms with Crippen molar-refractivity contribution in [2.45, 2.75) is 19.8 Å². The predicted molar refractivity (Wildman–Crippen MR) is 51.2 cm³/mol. The molecule has 2 nitrogen and oxygen atoms in total. The van der Waals surface area contributed by atoms with E-state index in [2.05, 4.69) is 18.7 Å². The molecule has 0 aliphatic heterocycles. The van der Waals surface area contributed by atoms with Gasteiger partial charge in [0.25, 0.3) is 0 Å². The van der Waals surface area contributed by atoms with Crippen molar-refractivity contribution < 1.29 is 0 Å². The molecule has 0 saturated heterocycles. The van der Waals surface area contributed by atoms with Gasteiger partial charge in [0.1, 0.15) is 0 Å². The Kier molecular flexibility index (Phi) is 2.35. The molecule has 1 rings (SSSR count). The van der Waals surface area contributed by atoms with Gasteiger partial charge in [-0.25, -0.2) is 4.85 Å². The lowest BCUT2D eigenvalue weighted by Crippen LogP contribution is -1.89. The summed E-state index contributed by atoms with van der Waals surface area (Å²) >= 11 is 0. The topological polar surface area (TPSA) is 30.4 Å². The van der Waals surface area contributed by atoms with E-state index in [9.17, 15) is 0 Å². The van der Waals surface area contributed by atoms with Crippen LogP contribution in [0.5, 0.6) is 0 Å². The van der Waals surface area contributed by atoms with E-state index in [0.717, 1.165) is 5.56 Å². The third-order valence-electron chi connectivity index (χ3n) is 1.84. The summed E-state index contributed by atoms with van der Waals surface area (Å²) in [7, 11) is 0. The molecular formula is C10H12N2. The van der Waals surface area contributed by atoms with Crippen molar-refractivity contribution in [3.63, 3.8) is 0 Å². The number of nitrogen functional groups attached to an aromatic ring is 1. The van der Waals surface area contributed by atoms with Crippen LogP contribution >= 0.6 is 0 Å². The van der Waals surface area contributed by atoms with Crippen molar-refractivity contribution >= 4 is 11.4 Å². The van der Waals surface area contributed by atoms with Gasteiger partial charge in [-0.3, -0.25) is 0 Å². The van der Waals surface area contributed by atoms with Crippen molar-refractivity contribution in [2.75, 3.05) is 5.73 Å². The average Bonchev–Trinajstić information content (AvgIpc) is 2.05. The summed E-state index contributed by atoms with van der Waals surface area (Å²) in [5.41, 5.74) is 7.87. The molecule has 0 bridgehead atoms. The number of hydrogen-bond donors (Lipinski definition) is 1. The Morgan fingerprint density at radius 1 is 1.42 bits per heavy atom. The second kappa shape index (κ2) is 3.27. The van der Waals surface area contributed by atoms with Crippen LogP contribution in [0.3, 0.4) is 0 Å². The molecule has 2 N–H and O–H groups in total. The molecule has 1 aromatic rings. The van der Waals surface area contributed by atoms with Gasteiger partial charge in [0.2, 0.25) is 5.69 Å². The SMILES string of the molecule is [C-]#[N+]c1cc(C(C)C)ccc1N. The molecule has 62 valence electrons. The maximum absolute atomic E-state index is 6.87. The molecule has 0 aromatic heterocycles. The number of anilines is 1. The van der Waals surface area contributed by atoms with E-state index in [0.29, 0.717) is 17.3 Å². The van der Waals surface area contributed by atoms with Gasteiger partial charge in [0, 0.05) is 5.69 Å². The molecule has 0 aliphatic carbocycles. The highest BCUT2D eigenvalue weighted by atomic mass is 14.7. The van der Waals surface area contributed by atoms with Gasteiger partial charge >= 0.3 is 0 Å². The van der Waals surface area contributed by atoms with Gasteiger partial charge in [-0.05, 0) is 12.0 Å². The van der Waals surface area contributed by atoms with Gasteiger partial charge < -0.3 is 5.73 Å². The number of rotatable bonds is 1. The molecule has 0 spiro atoms. The Labute approximate surface area is 72.8 Å². The fraction of sp³-hybridized carbons (Fsp3) is 0.300. The molecule has 1 aromatic carbocycles. The molecule has 0 unspecified atom stereocenters. The first-order valence-corrected chi connectivity index (χ1v) is 3.92. The van der Waals surface area contributed by atoms with Crippen molar-refractivity contribution in [1.29, 1.82) is 0 Å². The van der Waals surface area contributed by atoms with Crippen LogP contribution in [0.1, 0.15) is 25.3 Å². The van der Waals surface area contributed by atoms with E-state index in [4.69, 9.17) is 12.3 Å². The van der Waals surface area contributed by atoms with Gasteiger partial charge in [-0.1, -0.05) is 31.5 Å². The highest BCUT2D eigenvalue weighted by Crippen LogP contribution is 2.26. The van der Waals surface area contributed by atoms with Crippen molar-refractivity contribution in [3.8, 4) is 0 Å². The summed E-state index contributed by atoms with van der Waals surface area (Å²) in [4.78, 5) is 3.34. The van der Waals surface area contributed by atoms with Crippen molar-refractivity contribution in [2.24, 2.45) is 0 Å². The number of hydrogen-bond acceptors (Lipinski definition) is 1. The highest BCUT2D eigenvalue weighted by Gasteiger charge is 2.02. The minimum Gasteiger partial charge on any atom is -0.407 e. The van der Waals surface area contributed by atoms with Crippen LogP contribution in [0.4, 0.5) is 11.4 Å². The summed E-state index contributed by atoms with van der Waals surface area (Å²) in [5.74, 6) is 0.450. The Bertz CT molecular complexity index is 321. The minimum atomic E-state index is 0.450. The zero-order chi connectivity index (χ0) is 9.14. The molecule has 0 saturated carbocycles. The van der Waals surface area contributed by atoms with Gasteiger partial charge in [-0.2, -0.15) is 0 Å². The van der Waals surface area contributed by atoms with Crippen LogP contribution in [0, 0.1) is 6.57 Å². The molecule has 12 heavy (non-hydrogen) atoms. The van der Waals surface area contributed by atoms with Crippen LogP contribution in [0.15, 0.2) is 18.2 Å². The number of nitrogens with zero attached hydrogens (tertiary/aromatic N) is 1. The fourth-order valence-corrected chi connectivity index (χ4v) is 1.02. The van der Waals surface area contributed by atoms with Gasteiger partial charge in [0.05, 0.1) is 6.57 Å². The summed E-state index contributed by atoms with van der Waals surface area (Å²) in [6.45, 7) is 11.1. The average molecular weight is 160 g/mol. The van der Waals surface area contributed by atoms with E-state index >= 15 is 0 Å². The maximum Gasteiger partial charge on any atom is 0.209 e. The molecule has 0 heterocycles. The van der Waals surface area contributed by atoms with Gasteiger partial charge in [-0.15, -0.1) is 0 Å². The van der Waals surface area contributed by atoms with Crippen LogP contribution in [0.2, 0.25) is 0 Å². The number of nitrogens with two attached hydrogens (primary N) is 1. The third-order valence-corrected chi connectivity index (χ3v) is 1.84. The highest BCUT2D eigenvalue weighted by molar-refractivity contribution is 5.67. The first-order chi connectivity index (χ1) is 5.65. The van der Waals surface area contributed by atoms with E-state index < -0.39 is 0 Å². The van der Waals surface area contributed by atoms with E-state index in [1.807, 2.05) is 12.1 Å². The van der Waals surface area contributed by atoms with Gasteiger partial charge in [0.15, 0.2) is 0 Å². The minimum absolute atomic E-state index is 0.450. The summed E-state index contributed by atoms with van der Waals surface area (Å²) in [5, 5.41) is 0. The molecular weight excluding hydrogens is 148 g/mol. The fourth-order valence-electron chi connectivity index (χ4n) is 1.02. The molecule has 0 radical (unpaired) electrons.